The smallest absolute Gasteiger partial charge is 0.243 e. The highest BCUT2D eigenvalue weighted by atomic mass is 32.2. The van der Waals surface area contributed by atoms with Crippen molar-refractivity contribution in [3.63, 3.8) is 0 Å². The lowest BCUT2D eigenvalue weighted by Crippen LogP contribution is -2.45. The van der Waals surface area contributed by atoms with Crippen molar-refractivity contribution < 1.29 is 22.7 Å². The van der Waals surface area contributed by atoms with Gasteiger partial charge in [0.25, 0.3) is 0 Å². The number of ether oxygens (including phenoxy) is 2. The number of nitrogens with zero attached hydrogens (tertiary/aromatic N) is 1. The molecule has 1 aliphatic carbocycles. The van der Waals surface area contributed by atoms with Crippen LogP contribution in [0.1, 0.15) is 43.2 Å². The summed E-state index contributed by atoms with van der Waals surface area (Å²) in [5.41, 5.74) is 2.72. The first-order valence-electron chi connectivity index (χ1n) is 10.9. The van der Waals surface area contributed by atoms with Gasteiger partial charge in [0.2, 0.25) is 15.9 Å². The number of benzene rings is 2. The molecule has 0 atom stereocenters. The van der Waals surface area contributed by atoms with Gasteiger partial charge in [-0.25, -0.2) is 8.42 Å². The molecule has 1 saturated carbocycles. The summed E-state index contributed by atoms with van der Waals surface area (Å²) in [5.74, 6) is 0.423. The molecular weight excluding hydrogens is 428 g/mol. The lowest BCUT2D eigenvalue weighted by molar-refractivity contribution is -0.116. The minimum absolute atomic E-state index is 0.0834. The van der Waals surface area contributed by atoms with Gasteiger partial charge in [-0.2, -0.15) is 4.31 Å². The standard InChI is InChI=1S/C24H32N2O5S/c1-17-10-12-21(18(2)14-17)25-24(27)16-26(19-8-6-5-7-9-19)32(28,29)20-11-13-22(30-3)23(15-20)31-4/h10-15,19H,5-9,16H2,1-4H3,(H,25,27). The highest BCUT2D eigenvalue weighted by molar-refractivity contribution is 7.89. The Hall–Kier alpha value is -2.58. The van der Waals surface area contributed by atoms with Crippen LogP contribution in [0.3, 0.4) is 0 Å². The van der Waals surface area contributed by atoms with Gasteiger partial charge < -0.3 is 14.8 Å². The predicted molar refractivity (Wildman–Crippen MR) is 125 cm³/mol. The van der Waals surface area contributed by atoms with Crippen molar-refractivity contribution in [1.82, 2.24) is 4.31 Å². The number of nitrogens with one attached hydrogen (secondary N) is 1. The Bertz CT molecular complexity index is 1060. The summed E-state index contributed by atoms with van der Waals surface area (Å²) >= 11 is 0. The van der Waals surface area contributed by atoms with E-state index < -0.39 is 10.0 Å². The third kappa shape index (κ3) is 5.42. The summed E-state index contributed by atoms with van der Waals surface area (Å²) in [4.78, 5) is 13.0. The third-order valence-electron chi connectivity index (χ3n) is 5.90. The van der Waals surface area contributed by atoms with Crippen LogP contribution >= 0.6 is 0 Å². The van der Waals surface area contributed by atoms with Crippen molar-refractivity contribution in [2.75, 3.05) is 26.1 Å². The molecule has 8 heteroatoms. The minimum atomic E-state index is -3.93. The summed E-state index contributed by atoms with van der Waals surface area (Å²) in [6.45, 7) is 3.66. The Morgan fingerprint density at radius 3 is 2.31 bits per heavy atom. The molecule has 0 heterocycles. The van der Waals surface area contributed by atoms with Crippen LogP contribution in [0.25, 0.3) is 0 Å². The van der Waals surface area contributed by atoms with Gasteiger partial charge in [0.1, 0.15) is 0 Å². The number of rotatable bonds is 8. The lowest BCUT2D eigenvalue weighted by Gasteiger charge is -2.33. The highest BCUT2D eigenvalue weighted by Crippen LogP contribution is 2.33. The molecular formula is C24H32N2O5S. The summed E-state index contributed by atoms with van der Waals surface area (Å²) in [5, 5.41) is 2.88. The van der Waals surface area contributed by atoms with Crippen LogP contribution in [-0.2, 0) is 14.8 Å². The number of hydrogen-bond acceptors (Lipinski definition) is 5. The van der Waals surface area contributed by atoms with E-state index in [9.17, 15) is 13.2 Å². The number of carbonyl (C=O) groups is 1. The summed E-state index contributed by atoms with van der Waals surface area (Å²) in [6, 6.07) is 10.0. The molecule has 2 aromatic carbocycles. The normalized spacial score (nSPS) is 14.9. The number of sulfonamides is 1. The van der Waals surface area contributed by atoms with Gasteiger partial charge in [-0.1, -0.05) is 37.0 Å². The maximum atomic E-state index is 13.6. The second-order valence-electron chi connectivity index (χ2n) is 8.23. The van der Waals surface area contributed by atoms with Crippen LogP contribution in [-0.4, -0.2) is 45.4 Å². The van der Waals surface area contributed by atoms with Crippen molar-refractivity contribution in [1.29, 1.82) is 0 Å². The van der Waals surface area contributed by atoms with E-state index in [0.29, 0.717) is 17.2 Å². The van der Waals surface area contributed by atoms with Crippen molar-refractivity contribution in [3.05, 3.63) is 47.5 Å². The lowest BCUT2D eigenvalue weighted by atomic mass is 9.95. The summed E-state index contributed by atoms with van der Waals surface area (Å²) in [7, 11) is -0.965. The monoisotopic (exact) mass is 460 g/mol. The Labute approximate surface area is 190 Å². The average molecular weight is 461 g/mol. The number of amides is 1. The van der Waals surface area contributed by atoms with E-state index in [0.717, 1.165) is 43.2 Å². The molecule has 3 rings (SSSR count). The van der Waals surface area contributed by atoms with Crippen molar-refractivity contribution >= 4 is 21.6 Å². The minimum Gasteiger partial charge on any atom is -0.493 e. The number of methoxy groups -OCH3 is 2. The van der Waals surface area contributed by atoms with Crippen molar-refractivity contribution in [2.45, 2.75) is 56.9 Å². The zero-order valence-corrected chi connectivity index (χ0v) is 20.0. The Morgan fingerprint density at radius 2 is 1.69 bits per heavy atom. The zero-order chi connectivity index (χ0) is 23.3. The molecule has 0 aromatic heterocycles. The summed E-state index contributed by atoms with van der Waals surface area (Å²) in [6.07, 6.45) is 4.45. The van der Waals surface area contributed by atoms with Gasteiger partial charge in [-0.3, -0.25) is 4.79 Å². The fourth-order valence-corrected chi connectivity index (χ4v) is 5.83. The Morgan fingerprint density at radius 1 is 1.00 bits per heavy atom. The summed E-state index contributed by atoms with van der Waals surface area (Å²) < 4.78 is 39.2. The molecule has 174 valence electrons. The number of carbonyl (C=O) groups excluding carboxylic acids is 1. The van der Waals surface area contributed by atoms with Crippen molar-refractivity contribution in [3.8, 4) is 11.5 Å². The molecule has 0 saturated heterocycles. The molecule has 7 nitrogen and oxygen atoms in total. The van der Waals surface area contributed by atoms with E-state index >= 15 is 0 Å². The van der Waals surface area contributed by atoms with E-state index in [1.165, 1.54) is 30.7 Å². The van der Waals surface area contributed by atoms with Crippen LogP contribution in [0.5, 0.6) is 11.5 Å². The van der Waals surface area contributed by atoms with E-state index in [1.807, 2.05) is 32.0 Å². The van der Waals surface area contributed by atoms with E-state index in [2.05, 4.69) is 5.32 Å². The molecule has 0 aliphatic heterocycles. The SMILES string of the molecule is COc1ccc(S(=O)(=O)N(CC(=O)Nc2ccc(C)cc2C)C2CCCCC2)cc1OC. The molecule has 0 bridgehead atoms. The first-order valence-corrected chi connectivity index (χ1v) is 12.3. The van der Waals surface area contributed by atoms with Gasteiger partial charge in [0.05, 0.1) is 25.7 Å². The number of anilines is 1. The quantitative estimate of drug-likeness (QED) is 0.635. The molecule has 1 aliphatic rings. The number of hydrogen-bond donors (Lipinski definition) is 1. The maximum Gasteiger partial charge on any atom is 0.243 e. The van der Waals surface area contributed by atoms with Crippen LogP contribution < -0.4 is 14.8 Å². The second-order valence-corrected chi connectivity index (χ2v) is 10.1. The highest BCUT2D eigenvalue weighted by Gasteiger charge is 2.34. The molecule has 32 heavy (non-hydrogen) atoms. The molecule has 0 radical (unpaired) electrons. The van der Waals surface area contributed by atoms with Gasteiger partial charge >= 0.3 is 0 Å². The van der Waals surface area contributed by atoms with Crippen LogP contribution in [0.4, 0.5) is 5.69 Å². The first kappa shape index (κ1) is 24.1. The van der Waals surface area contributed by atoms with Crippen LogP contribution in [0, 0.1) is 13.8 Å². The molecule has 1 N–H and O–H groups in total. The average Bonchev–Trinajstić information content (AvgIpc) is 2.79. The van der Waals surface area contributed by atoms with Crippen LogP contribution in [0.15, 0.2) is 41.3 Å². The Balaban J connectivity index is 1.90. The largest absolute Gasteiger partial charge is 0.493 e. The fourth-order valence-electron chi connectivity index (χ4n) is 4.18. The molecule has 1 fully saturated rings. The van der Waals surface area contributed by atoms with E-state index in [1.54, 1.807) is 6.07 Å². The fraction of sp³-hybridized carbons (Fsp3) is 0.458. The van der Waals surface area contributed by atoms with Gasteiger partial charge in [0.15, 0.2) is 11.5 Å². The maximum absolute atomic E-state index is 13.6. The van der Waals surface area contributed by atoms with E-state index in [4.69, 9.17) is 9.47 Å². The zero-order valence-electron chi connectivity index (χ0n) is 19.2. The third-order valence-corrected chi connectivity index (χ3v) is 7.79. The van der Waals surface area contributed by atoms with Gasteiger partial charge in [-0.15, -0.1) is 0 Å². The molecule has 0 unspecified atom stereocenters. The van der Waals surface area contributed by atoms with Gasteiger partial charge in [0, 0.05) is 17.8 Å². The molecule has 1 amide bonds. The molecule has 2 aromatic rings. The number of aryl methyl sites for hydroxylation is 2. The second kappa shape index (κ2) is 10.4. The van der Waals surface area contributed by atoms with Crippen LogP contribution in [0.2, 0.25) is 0 Å². The Kier molecular flexibility index (Phi) is 7.79. The van der Waals surface area contributed by atoms with E-state index in [-0.39, 0.29) is 23.4 Å². The topological polar surface area (TPSA) is 84.9 Å². The van der Waals surface area contributed by atoms with Gasteiger partial charge in [-0.05, 0) is 50.5 Å². The first-order chi connectivity index (χ1) is 15.3. The molecule has 0 spiro atoms. The van der Waals surface area contributed by atoms with Crippen molar-refractivity contribution in [2.24, 2.45) is 0 Å². The predicted octanol–water partition coefficient (Wildman–Crippen LogP) is 4.28.